The Morgan fingerprint density at radius 1 is 0.757 bits per heavy atom. The third-order valence-electron chi connectivity index (χ3n) is 5.63. The predicted molar refractivity (Wildman–Crippen MR) is 159 cm³/mol. The third-order valence-corrected chi connectivity index (χ3v) is 9.19. The van der Waals surface area contributed by atoms with E-state index in [0.717, 1.165) is 52.3 Å². The van der Waals surface area contributed by atoms with Crippen molar-refractivity contribution in [3.8, 4) is 11.5 Å². The molecule has 0 aliphatic heterocycles. The number of esters is 2. The highest BCUT2D eigenvalue weighted by Crippen LogP contribution is 2.50. The molecule has 2 aromatic rings. The SMILES string of the molecule is C=CC(=O)OCCOc1c(C(C)(C)c2cc(Br)c(C)c(Br)c2OCCOC(=O)C=C)cc(Br)c(C)c1Br. The van der Waals surface area contributed by atoms with Gasteiger partial charge in [-0.05, 0) is 69.0 Å². The van der Waals surface area contributed by atoms with Gasteiger partial charge in [0.05, 0.1) is 8.95 Å². The monoisotopic (exact) mass is 764 g/mol. The van der Waals surface area contributed by atoms with Crippen molar-refractivity contribution >= 4 is 75.7 Å². The summed E-state index contributed by atoms with van der Waals surface area (Å²) in [6.07, 6.45) is 2.22. The van der Waals surface area contributed by atoms with Crippen molar-refractivity contribution < 1.29 is 28.5 Å². The van der Waals surface area contributed by atoms with Gasteiger partial charge in [0.25, 0.3) is 0 Å². The number of benzene rings is 2. The van der Waals surface area contributed by atoms with Gasteiger partial charge in [0.15, 0.2) is 0 Å². The second-order valence-electron chi connectivity index (χ2n) is 8.41. The van der Waals surface area contributed by atoms with E-state index >= 15 is 0 Å². The van der Waals surface area contributed by atoms with Gasteiger partial charge in [-0.15, -0.1) is 0 Å². The summed E-state index contributed by atoms with van der Waals surface area (Å²) in [5.74, 6) is 0.230. The predicted octanol–water partition coefficient (Wildman–Crippen LogP) is 7.90. The molecule has 0 saturated heterocycles. The molecule has 0 fully saturated rings. The van der Waals surface area contributed by atoms with E-state index in [2.05, 4.69) is 90.7 Å². The highest BCUT2D eigenvalue weighted by Gasteiger charge is 2.34. The summed E-state index contributed by atoms with van der Waals surface area (Å²) in [5.41, 5.74) is 3.04. The Labute approximate surface area is 251 Å². The molecule has 200 valence electrons. The minimum atomic E-state index is -0.627. The molecule has 0 aliphatic carbocycles. The molecule has 0 N–H and O–H groups in total. The van der Waals surface area contributed by atoms with Crippen LogP contribution in [0.5, 0.6) is 11.5 Å². The van der Waals surface area contributed by atoms with Gasteiger partial charge < -0.3 is 18.9 Å². The Bertz CT molecular complexity index is 1110. The van der Waals surface area contributed by atoms with Gasteiger partial charge in [0, 0.05) is 37.6 Å². The molecule has 0 spiro atoms. The molecule has 0 bridgehead atoms. The first kappa shape index (κ1) is 31.6. The van der Waals surface area contributed by atoms with Crippen LogP contribution >= 0.6 is 63.7 Å². The van der Waals surface area contributed by atoms with Crippen LogP contribution in [0.15, 0.2) is 55.3 Å². The lowest BCUT2D eigenvalue weighted by Crippen LogP contribution is -2.24. The van der Waals surface area contributed by atoms with Crippen LogP contribution in [-0.2, 0) is 24.5 Å². The van der Waals surface area contributed by atoms with Gasteiger partial charge in [0.2, 0.25) is 0 Å². The molecule has 0 unspecified atom stereocenters. The fourth-order valence-electron chi connectivity index (χ4n) is 3.43. The zero-order chi connectivity index (χ0) is 27.9. The van der Waals surface area contributed by atoms with E-state index in [9.17, 15) is 9.59 Å². The lowest BCUT2D eigenvalue weighted by Gasteiger charge is -2.32. The Balaban J connectivity index is 2.55. The summed E-state index contributed by atoms with van der Waals surface area (Å²) in [6, 6.07) is 4.03. The van der Waals surface area contributed by atoms with Crippen LogP contribution in [0.25, 0.3) is 0 Å². The number of halogens is 4. The molecule has 6 nitrogen and oxygen atoms in total. The molecule has 0 atom stereocenters. The molecule has 37 heavy (non-hydrogen) atoms. The Morgan fingerprint density at radius 3 is 1.43 bits per heavy atom. The standard InChI is InChI=1S/C27H28Br4O6/c1-7-21(32)34-9-11-36-25-17(13-19(28)15(3)23(25)30)27(5,6)18-14-20(29)16(4)24(31)26(18)37-12-10-35-22(33)8-2/h7-8,13-14H,1-2,9-12H2,3-6H3. The van der Waals surface area contributed by atoms with Crippen LogP contribution in [0.3, 0.4) is 0 Å². The van der Waals surface area contributed by atoms with E-state index in [-0.39, 0.29) is 26.4 Å². The maximum absolute atomic E-state index is 11.4. The molecule has 2 rings (SSSR count). The van der Waals surface area contributed by atoms with E-state index in [1.54, 1.807) is 0 Å². The van der Waals surface area contributed by atoms with Gasteiger partial charge in [0.1, 0.15) is 37.9 Å². The average Bonchev–Trinajstić information content (AvgIpc) is 2.87. The van der Waals surface area contributed by atoms with E-state index < -0.39 is 17.4 Å². The van der Waals surface area contributed by atoms with Crippen molar-refractivity contribution in [2.75, 3.05) is 26.4 Å². The minimum Gasteiger partial charge on any atom is -0.489 e. The molecule has 2 aromatic carbocycles. The lowest BCUT2D eigenvalue weighted by atomic mass is 9.76. The van der Waals surface area contributed by atoms with Crippen molar-refractivity contribution in [1.29, 1.82) is 0 Å². The summed E-state index contributed by atoms with van der Waals surface area (Å²) in [7, 11) is 0. The first-order chi connectivity index (χ1) is 17.4. The van der Waals surface area contributed by atoms with Crippen LogP contribution < -0.4 is 9.47 Å². The normalized spacial score (nSPS) is 11.0. The Kier molecular flexibility index (Phi) is 11.9. The fraction of sp³-hybridized carbons (Fsp3) is 0.333. The molecule has 0 aromatic heterocycles. The van der Waals surface area contributed by atoms with E-state index in [4.69, 9.17) is 18.9 Å². The number of hydrogen-bond acceptors (Lipinski definition) is 6. The van der Waals surface area contributed by atoms with Crippen LogP contribution in [0.4, 0.5) is 0 Å². The van der Waals surface area contributed by atoms with Crippen molar-refractivity contribution in [3.63, 3.8) is 0 Å². The van der Waals surface area contributed by atoms with Crippen LogP contribution in [0, 0.1) is 13.8 Å². The van der Waals surface area contributed by atoms with Crippen LogP contribution in [0.1, 0.15) is 36.1 Å². The quantitative estimate of drug-likeness (QED) is 0.124. The topological polar surface area (TPSA) is 71.1 Å². The smallest absolute Gasteiger partial charge is 0.330 e. The second-order valence-corrected chi connectivity index (χ2v) is 11.7. The van der Waals surface area contributed by atoms with E-state index in [1.807, 2.05) is 26.0 Å². The highest BCUT2D eigenvalue weighted by atomic mass is 79.9. The van der Waals surface area contributed by atoms with Gasteiger partial charge in [-0.3, -0.25) is 0 Å². The summed E-state index contributed by atoms with van der Waals surface area (Å²) in [5, 5.41) is 0. The van der Waals surface area contributed by atoms with Crippen molar-refractivity contribution in [1.82, 2.24) is 0 Å². The number of ether oxygens (including phenoxy) is 4. The maximum atomic E-state index is 11.4. The molecule has 0 saturated carbocycles. The number of hydrogen-bond donors (Lipinski definition) is 0. The molecular formula is C27H28Br4O6. The summed E-state index contributed by atoms with van der Waals surface area (Å²) >= 11 is 14.7. The maximum Gasteiger partial charge on any atom is 0.330 e. The molecule has 0 heterocycles. The zero-order valence-electron chi connectivity index (χ0n) is 21.0. The summed E-state index contributed by atoms with van der Waals surface area (Å²) in [6.45, 7) is 15.3. The second kappa shape index (κ2) is 14.0. The number of rotatable bonds is 12. The average molecular weight is 768 g/mol. The van der Waals surface area contributed by atoms with E-state index in [0.29, 0.717) is 11.5 Å². The largest absolute Gasteiger partial charge is 0.489 e. The zero-order valence-corrected chi connectivity index (χ0v) is 27.4. The number of carbonyl (C=O) groups excluding carboxylic acids is 2. The molecule has 0 aliphatic rings. The van der Waals surface area contributed by atoms with Gasteiger partial charge in [-0.25, -0.2) is 9.59 Å². The first-order valence-corrected chi connectivity index (χ1v) is 14.4. The van der Waals surface area contributed by atoms with Crippen LogP contribution in [-0.4, -0.2) is 38.4 Å². The summed E-state index contributed by atoms with van der Waals surface area (Å²) < 4.78 is 25.8. The summed E-state index contributed by atoms with van der Waals surface area (Å²) in [4.78, 5) is 22.8. The number of carbonyl (C=O) groups is 2. The van der Waals surface area contributed by atoms with Crippen molar-refractivity contribution in [2.24, 2.45) is 0 Å². The molecular weight excluding hydrogens is 740 g/mol. The molecule has 10 heteroatoms. The Hall–Kier alpha value is -1.62. The van der Waals surface area contributed by atoms with Gasteiger partial charge in [-0.2, -0.15) is 0 Å². The lowest BCUT2D eigenvalue weighted by molar-refractivity contribution is -0.139. The minimum absolute atomic E-state index is 0.0751. The highest BCUT2D eigenvalue weighted by molar-refractivity contribution is 9.11. The van der Waals surface area contributed by atoms with Crippen LogP contribution in [0.2, 0.25) is 0 Å². The molecule has 0 radical (unpaired) electrons. The first-order valence-electron chi connectivity index (χ1n) is 11.2. The van der Waals surface area contributed by atoms with Crippen molar-refractivity contribution in [2.45, 2.75) is 33.1 Å². The van der Waals surface area contributed by atoms with E-state index in [1.165, 1.54) is 0 Å². The Morgan fingerprint density at radius 2 is 1.11 bits per heavy atom. The van der Waals surface area contributed by atoms with Gasteiger partial charge >= 0.3 is 11.9 Å². The third kappa shape index (κ3) is 7.71. The molecule has 0 amide bonds. The fourth-order valence-corrected chi connectivity index (χ4v) is 5.90. The van der Waals surface area contributed by atoms with Gasteiger partial charge in [-0.1, -0.05) is 58.9 Å². The van der Waals surface area contributed by atoms with Crippen molar-refractivity contribution in [3.05, 3.63) is 77.6 Å².